The van der Waals surface area contributed by atoms with Gasteiger partial charge in [-0.05, 0) is 70.7 Å². The Morgan fingerprint density at radius 2 is 1.37 bits per heavy atom. The lowest BCUT2D eigenvalue weighted by Gasteiger charge is -2.46. The van der Waals surface area contributed by atoms with Crippen LogP contribution >= 0.6 is 0 Å². The normalized spacial score (nSPS) is 13.6. The number of nitrogens with one attached hydrogen (secondary N) is 1. The summed E-state index contributed by atoms with van der Waals surface area (Å²) >= 11 is 0. The lowest BCUT2D eigenvalue weighted by molar-refractivity contribution is -0.156. The second-order valence-electron chi connectivity index (χ2n) is 11.2. The topological polar surface area (TPSA) is 95.9 Å². The number of hydrogen-bond acceptors (Lipinski definition) is 4. The summed E-state index contributed by atoms with van der Waals surface area (Å²) in [4.78, 5) is 39.1. The molecule has 2 aromatic rings. The molecule has 0 bridgehead atoms. The van der Waals surface area contributed by atoms with Gasteiger partial charge in [0.15, 0.2) is 0 Å². The molecule has 7 heteroatoms. The van der Waals surface area contributed by atoms with E-state index in [1.807, 2.05) is 24.3 Å². The molecule has 1 aliphatic rings. The first-order valence-corrected chi connectivity index (χ1v) is 11.8. The number of alkyl carbamates (subject to hydrolysis) is 1. The van der Waals surface area contributed by atoms with Gasteiger partial charge in [0.1, 0.15) is 13.2 Å². The van der Waals surface area contributed by atoms with Crippen molar-refractivity contribution in [2.75, 3.05) is 13.2 Å². The van der Waals surface area contributed by atoms with Gasteiger partial charge >= 0.3 is 12.1 Å². The lowest BCUT2D eigenvalue weighted by Crippen LogP contribution is -2.63. The average Bonchev–Trinajstić information content (AvgIpc) is 3.08. The van der Waals surface area contributed by atoms with Crippen molar-refractivity contribution in [1.29, 1.82) is 0 Å². The first-order valence-electron chi connectivity index (χ1n) is 11.8. The number of benzene rings is 2. The second-order valence-corrected chi connectivity index (χ2v) is 11.2. The highest BCUT2D eigenvalue weighted by Gasteiger charge is 2.48. The third-order valence-corrected chi connectivity index (χ3v) is 7.20. The van der Waals surface area contributed by atoms with Crippen molar-refractivity contribution in [1.82, 2.24) is 10.2 Å². The fourth-order valence-corrected chi connectivity index (χ4v) is 4.40. The van der Waals surface area contributed by atoms with Crippen LogP contribution < -0.4 is 5.32 Å². The van der Waals surface area contributed by atoms with Gasteiger partial charge in [-0.1, -0.05) is 48.5 Å². The van der Waals surface area contributed by atoms with Gasteiger partial charge in [0.25, 0.3) is 0 Å². The number of rotatable bonds is 7. The largest absolute Gasteiger partial charge is 0.480 e. The summed E-state index contributed by atoms with van der Waals surface area (Å²) in [5.74, 6) is -1.53. The molecule has 0 radical (unpaired) electrons. The Morgan fingerprint density at radius 3 is 1.83 bits per heavy atom. The van der Waals surface area contributed by atoms with E-state index in [0.29, 0.717) is 0 Å². The smallest absolute Gasteiger partial charge is 0.407 e. The Kier molecular flexibility index (Phi) is 7.02. The first-order chi connectivity index (χ1) is 16.2. The highest BCUT2D eigenvalue weighted by Crippen LogP contribution is 2.44. The van der Waals surface area contributed by atoms with E-state index >= 15 is 0 Å². The molecule has 0 spiro atoms. The van der Waals surface area contributed by atoms with Gasteiger partial charge < -0.3 is 20.1 Å². The molecular weight excluding hydrogens is 444 g/mol. The average molecular weight is 481 g/mol. The minimum Gasteiger partial charge on any atom is -0.480 e. The molecule has 1 aliphatic carbocycles. The Morgan fingerprint density at radius 1 is 0.886 bits per heavy atom. The molecule has 188 valence electrons. The van der Waals surface area contributed by atoms with Crippen LogP contribution in [0.3, 0.4) is 0 Å². The quantitative estimate of drug-likeness (QED) is 0.579. The molecule has 2 N–H and O–H groups in total. The molecule has 3 rings (SSSR count). The summed E-state index contributed by atoms with van der Waals surface area (Å²) in [7, 11) is 0. The molecular formula is C28H36N2O5. The summed E-state index contributed by atoms with van der Waals surface area (Å²) in [5, 5.41) is 12.2. The molecule has 0 heterocycles. The predicted octanol–water partition coefficient (Wildman–Crippen LogP) is 5.04. The van der Waals surface area contributed by atoms with E-state index in [1.54, 1.807) is 48.5 Å². The van der Waals surface area contributed by atoms with Crippen molar-refractivity contribution in [3.63, 3.8) is 0 Å². The van der Waals surface area contributed by atoms with Gasteiger partial charge in [0, 0.05) is 11.5 Å². The summed E-state index contributed by atoms with van der Waals surface area (Å²) in [6.45, 7) is 12.0. The Labute approximate surface area is 207 Å². The molecule has 7 nitrogen and oxygen atoms in total. The number of carboxylic acids is 1. The molecule has 0 saturated carbocycles. The van der Waals surface area contributed by atoms with Gasteiger partial charge in [-0.2, -0.15) is 0 Å². The summed E-state index contributed by atoms with van der Waals surface area (Å²) < 4.78 is 5.67. The van der Waals surface area contributed by atoms with Crippen LogP contribution in [0.2, 0.25) is 0 Å². The number of fused-ring (bicyclic) bond motifs is 3. The zero-order valence-electron chi connectivity index (χ0n) is 21.6. The van der Waals surface area contributed by atoms with Crippen molar-refractivity contribution in [2.45, 2.75) is 65.5 Å². The van der Waals surface area contributed by atoms with Crippen LogP contribution in [0, 0.1) is 5.41 Å². The van der Waals surface area contributed by atoms with Gasteiger partial charge in [0.2, 0.25) is 5.91 Å². The Bertz CT molecular complexity index is 1080. The van der Waals surface area contributed by atoms with Crippen LogP contribution in [0.25, 0.3) is 11.1 Å². The van der Waals surface area contributed by atoms with E-state index in [2.05, 4.69) is 29.6 Å². The maximum Gasteiger partial charge on any atom is 0.407 e. The highest BCUT2D eigenvalue weighted by molar-refractivity contribution is 5.88. The molecule has 0 saturated heterocycles. The summed E-state index contributed by atoms with van der Waals surface area (Å²) in [6.07, 6.45) is -0.627. The zero-order valence-corrected chi connectivity index (χ0v) is 21.6. The van der Waals surface area contributed by atoms with Crippen molar-refractivity contribution >= 4 is 18.0 Å². The van der Waals surface area contributed by atoms with Crippen molar-refractivity contribution in [3.05, 3.63) is 59.7 Å². The first kappa shape index (κ1) is 26.3. The number of nitrogens with zero attached hydrogens (tertiary/aromatic N) is 1. The van der Waals surface area contributed by atoms with Gasteiger partial charge in [0.05, 0.1) is 11.0 Å². The number of amides is 2. The van der Waals surface area contributed by atoms with Gasteiger partial charge in [-0.15, -0.1) is 0 Å². The molecule has 0 fully saturated rings. The maximum absolute atomic E-state index is 13.5. The van der Waals surface area contributed by atoms with Crippen molar-refractivity contribution in [3.8, 4) is 11.1 Å². The van der Waals surface area contributed by atoms with Crippen molar-refractivity contribution in [2.24, 2.45) is 5.41 Å². The van der Waals surface area contributed by atoms with Crippen LogP contribution in [0.15, 0.2) is 48.5 Å². The minimum absolute atomic E-state index is 0.0714. The molecule has 0 aliphatic heterocycles. The zero-order chi connectivity index (χ0) is 26.2. The standard InChI is InChI=1S/C28H36N2O5/c1-26(2,3)30(16-23(31)32)24(33)27(4,5)28(6,7)29-25(34)35-17-22-20-14-10-8-12-18(20)19-13-9-11-15-21(19)22/h8-15,22H,16-17H2,1-7H3,(H,29,34)(H,31,32). The fourth-order valence-electron chi connectivity index (χ4n) is 4.40. The van der Waals surface area contributed by atoms with Gasteiger partial charge in [-0.25, -0.2) is 4.79 Å². The van der Waals surface area contributed by atoms with E-state index in [-0.39, 0.29) is 18.4 Å². The third kappa shape index (κ3) is 5.19. The van der Waals surface area contributed by atoms with E-state index in [9.17, 15) is 19.5 Å². The van der Waals surface area contributed by atoms with Crippen LogP contribution in [-0.2, 0) is 14.3 Å². The second kappa shape index (κ2) is 9.36. The highest BCUT2D eigenvalue weighted by atomic mass is 16.5. The van der Waals surface area contributed by atoms with Crippen LogP contribution in [-0.4, -0.2) is 52.2 Å². The van der Waals surface area contributed by atoms with E-state index in [1.165, 1.54) is 4.90 Å². The monoisotopic (exact) mass is 480 g/mol. The number of carbonyl (C=O) groups is 3. The SMILES string of the molecule is CC(C)(C)N(CC(=O)O)C(=O)C(C)(C)C(C)(C)NC(=O)OCC1c2ccccc2-c2ccccc21. The van der Waals surface area contributed by atoms with E-state index in [4.69, 9.17) is 4.74 Å². The van der Waals surface area contributed by atoms with Gasteiger partial charge in [-0.3, -0.25) is 9.59 Å². The van der Waals surface area contributed by atoms with E-state index in [0.717, 1.165) is 22.3 Å². The number of carbonyl (C=O) groups excluding carboxylic acids is 2. The molecule has 0 atom stereocenters. The molecule has 35 heavy (non-hydrogen) atoms. The predicted molar refractivity (Wildman–Crippen MR) is 135 cm³/mol. The Hall–Kier alpha value is -3.35. The number of aliphatic carboxylic acids is 1. The maximum atomic E-state index is 13.5. The molecule has 2 aromatic carbocycles. The van der Waals surface area contributed by atoms with Crippen LogP contribution in [0.4, 0.5) is 4.79 Å². The summed E-state index contributed by atoms with van der Waals surface area (Å²) in [5.41, 5.74) is 1.69. The third-order valence-electron chi connectivity index (χ3n) is 7.20. The minimum atomic E-state index is -1.11. The summed E-state index contributed by atoms with van der Waals surface area (Å²) in [6, 6.07) is 16.2. The fraction of sp³-hybridized carbons (Fsp3) is 0.464. The molecule has 2 amide bonds. The molecule has 0 aromatic heterocycles. The number of hydrogen-bond donors (Lipinski definition) is 2. The number of ether oxygens (including phenoxy) is 1. The van der Waals surface area contributed by atoms with Crippen LogP contribution in [0.5, 0.6) is 0 Å². The number of carboxylic acid groups (broad SMARTS) is 1. The molecule has 0 unspecified atom stereocenters. The van der Waals surface area contributed by atoms with Crippen LogP contribution in [0.1, 0.15) is 65.5 Å². The van der Waals surface area contributed by atoms with Crippen molar-refractivity contribution < 1.29 is 24.2 Å². The Balaban J connectivity index is 1.73. The lowest BCUT2D eigenvalue weighted by atomic mass is 9.72. The van der Waals surface area contributed by atoms with E-state index < -0.39 is 35.1 Å².